The first-order chi connectivity index (χ1) is 9.20. The van der Waals surface area contributed by atoms with Crippen LogP contribution in [0.3, 0.4) is 0 Å². The van der Waals surface area contributed by atoms with Gasteiger partial charge in [-0.1, -0.05) is 12.1 Å². The van der Waals surface area contributed by atoms with E-state index in [0.717, 1.165) is 24.9 Å². The molecular weight excluding hydrogens is 244 g/mol. The van der Waals surface area contributed by atoms with Crippen LogP contribution in [0.5, 0.6) is 5.75 Å². The maximum absolute atomic E-state index is 11.8. The molecule has 5 heteroatoms. The summed E-state index contributed by atoms with van der Waals surface area (Å²) in [5, 5.41) is 15.9. The summed E-state index contributed by atoms with van der Waals surface area (Å²) in [6.07, 6.45) is 1.16. The molecule has 19 heavy (non-hydrogen) atoms. The van der Waals surface area contributed by atoms with Crippen molar-refractivity contribution in [3.8, 4) is 5.75 Å². The molecule has 1 amide bonds. The van der Waals surface area contributed by atoms with Crippen molar-refractivity contribution < 1.29 is 14.6 Å². The topological polar surface area (TPSA) is 70.6 Å². The molecule has 1 heterocycles. The first kappa shape index (κ1) is 13.8. The molecule has 0 aromatic heterocycles. The quantitative estimate of drug-likeness (QED) is 0.728. The van der Waals surface area contributed by atoms with Crippen LogP contribution in [-0.4, -0.2) is 37.3 Å². The van der Waals surface area contributed by atoms with Crippen LogP contribution in [0.4, 0.5) is 0 Å². The first-order valence-corrected chi connectivity index (χ1v) is 6.54. The average Bonchev–Trinajstić information content (AvgIpc) is 2.98. The number of hydrogen-bond donors (Lipinski definition) is 3. The molecule has 3 N–H and O–H groups in total. The molecule has 0 spiro atoms. The standard InChI is InChI=1S/C14H20N2O3/c1-19-11-5-2-4-10(8-11)13(17)9-16-14(18)12-6-3-7-15-12/h2,4-5,8,12-13,15,17H,3,6-7,9H2,1H3,(H,16,18)/t12-,13?/m0/s1. The predicted molar refractivity (Wildman–Crippen MR) is 72.0 cm³/mol. The fourth-order valence-corrected chi connectivity index (χ4v) is 2.20. The van der Waals surface area contributed by atoms with Crippen LogP contribution >= 0.6 is 0 Å². The lowest BCUT2D eigenvalue weighted by Crippen LogP contribution is -2.41. The number of methoxy groups -OCH3 is 1. The largest absolute Gasteiger partial charge is 0.497 e. The number of nitrogens with one attached hydrogen (secondary N) is 2. The molecule has 1 aromatic rings. The Kier molecular flexibility index (Phi) is 4.76. The van der Waals surface area contributed by atoms with Crippen LogP contribution < -0.4 is 15.4 Å². The maximum atomic E-state index is 11.8. The average molecular weight is 264 g/mol. The summed E-state index contributed by atoms with van der Waals surface area (Å²) in [7, 11) is 1.58. The normalized spacial score (nSPS) is 20.0. The van der Waals surface area contributed by atoms with Crippen molar-refractivity contribution in [3.05, 3.63) is 29.8 Å². The van der Waals surface area contributed by atoms with E-state index < -0.39 is 6.10 Å². The second-order valence-electron chi connectivity index (χ2n) is 4.69. The number of aliphatic hydroxyl groups excluding tert-OH is 1. The van der Waals surface area contributed by atoms with Crippen LogP contribution in [0.25, 0.3) is 0 Å². The Balaban J connectivity index is 1.86. The molecule has 104 valence electrons. The highest BCUT2D eigenvalue weighted by Gasteiger charge is 2.22. The van der Waals surface area contributed by atoms with Gasteiger partial charge in [-0.05, 0) is 37.1 Å². The molecule has 1 saturated heterocycles. The Bertz CT molecular complexity index is 430. The monoisotopic (exact) mass is 264 g/mol. The van der Waals surface area contributed by atoms with Gasteiger partial charge in [-0.3, -0.25) is 4.79 Å². The molecule has 1 unspecified atom stereocenters. The third kappa shape index (κ3) is 3.68. The predicted octanol–water partition coefficient (Wildman–Crippen LogP) is 0.597. The molecular formula is C14H20N2O3. The van der Waals surface area contributed by atoms with E-state index in [2.05, 4.69) is 10.6 Å². The van der Waals surface area contributed by atoms with Gasteiger partial charge in [0.2, 0.25) is 5.91 Å². The summed E-state index contributed by atoms with van der Waals surface area (Å²) in [5.74, 6) is 0.653. The van der Waals surface area contributed by atoms with E-state index in [9.17, 15) is 9.90 Å². The summed E-state index contributed by atoms with van der Waals surface area (Å²) in [6.45, 7) is 1.10. The van der Waals surface area contributed by atoms with Crippen LogP contribution in [-0.2, 0) is 4.79 Å². The molecule has 0 radical (unpaired) electrons. The molecule has 0 saturated carbocycles. The van der Waals surface area contributed by atoms with Crippen LogP contribution in [0.2, 0.25) is 0 Å². The van der Waals surface area contributed by atoms with Crippen molar-refractivity contribution >= 4 is 5.91 Å². The first-order valence-electron chi connectivity index (χ1n) is 6.54. The molecule has 0 bridgehead atoms. The minimum absolute atomic E-state index is 0.0422. The third-order valence-corrected chi connectivity index (χ3v) is 3.33. The number of ether oxygens (including phenoxy) is 1. The highest BCUT2D eigenvalue weighted by Crippen LogP contribution is 2.18. The van der Waals surface area contributed by atoms with E-state index in [1.54, 1.807) is 13.2 Å². The molecule has 1 fully saturated rings. The zero-order chi connectivity index (χ0) is 13.7. The van der Waals surface area contributed by atoms with Gasteiger partial charge in [0.1, 0.15) is 5.75 Å². The fraction of sp³-hybridized carbons (Fsp3) is 0.500. The van der Waals surface area contributed by atoms with Crippen molar-refractivity contribution in [2.45, 2.75) is 25.0 Å². The molecule has 1 aliphatic heterocycles. The Morgan fingerprint density at radius 3 is 3.16 bits per heavy atom. The van der Waals surface area contributed by atoms with Gasteiger partial charge in [0, 0.05) is 6.54 Å². The van der Waals surface area contributed by atoms with Crippen LogP contribution in [0.1, 0.15) is 24.5 Å². The fourth-order valence-electron chi connectivity index (χ4n) is 2.20. The van der Waals surface area contributed by atoms with Crippen LogP contribution in [0, 0.1) is 0 Å². The second-order valence-corrected chi connectivity index (χ2v) is 4.69. The number of carbonyl (C=O) groups excluding carboxylic acids is 1. The summed E-state index contributed by atoms with van der Waals surface area (Å²) in [4.78, 5) is 11.8. The zero-order valence-corrected chi connectivity index (χ0v) is 11.1. The Morgan fingerprint density at radius 1 is 1.63 bits per heavy atom. The van der Waals surface area contributed by atoms with Crippen molar-refractivity contribution in [2.24, 2.45) is 0 Å². The Morgan fingerprint density at radius 2 is 2.47 bits per heavy atom. The van der Waals surface area contributed by atoms with E-state index in [-0.39, 0.29) is 18.5 Å². The van der Waals surface area contributed by atoms with Crippen molar-refractivity contribution in [3.63, 3.8) is 0 Å². The van der Waals surface area contributed by atoms with E-state index in [0.29, 0.717) is 5.75 Å². The molecule has 1 aromatic carbocycles. The van der Waals surface area contributed by atoms with E-state index in [4.69, 9.17) is 4.74 Å². The lowest BCUT2D eigenvalue weighted by molar-refractivity contribution is -0.123. The molecule has 2 rings (SSSR count). The summed E-state index contributed by atoms with van der Waals surface area (Å²) in [6, 6.07) is 7.10. The molecule has 0 aliphatic carbocycles. The van der Waals surface area contributed by atoms with Gasteiger partial charge in [-0.2, -0.15) is 0 Å². The van der Waals surface area contributed by atoms with Gasteiger partial charge in [0.15, 0.2) is 0 Å². The van der Waals surface area contributed by atoms with Gasteiger partial charge in [-0.25, -0.2) is 0 Å². The van der Waals surface area contributed by atoms with Gasteiger partial charge in [0.05, 0.1) is 19.3 Å². The Labute approximate surface area is 113 Å². The lowest BCUT2D eigenvalue weighted by Gasteiger charge is -2.15. The Hall–Kier alpha value is -1.59. The summed E-state index contributed by atoms with van der Waals surface area (Å²) >= 11 is 0. The molecule has 2 atom stereocenters. The van der Waals surface area contributed by atoms with E-state index in [1.807, 2.05) is 18.2 Å². The smallest absolute Gasteiger partial charge is 0.237 e. The second kappa shape index (κ2) is 6.54. The van der Waals surface area contributed by atoms with Gasteiger partial charge in [0.25, 0.3) is 0 Å². The number of carbonyl (C=O) groups is 1. The summed E-state index contributed by atoms with van der Waals surface area (Å²) < 4.78 is 5.10. The van der Waals surface area contributed by atoms with E-state index >= 15 is 0 Å². The number of aliphatic hydroxyl groups is 1. The zero-order valence-electron chi connectivity index (χ0n) is 11.1. The SMILES string of the molecule is COc1cccc(C(O)CNC(=O)[C@@H]2CCCN2)c1. The van der Waals surface area contributed by atoms with Gasteiger partial charge >= 0.3 is 0 Å². The molecule has 5 nitrogen and oxygen atoms in total. The summed E-state index contributed by atoms with van der Waals surface area (Å²) in [5.41, 5.74) is 0.735. The lowest BCUT2D eigenvalue weighted by atomic mass is 10.1. The van der Waals surface area contributed by atoms with Crippen molar-refractivity contribution in [2.75, 3.05) is 20.2 Å². The third-order valence-electron chi connectivity index (χ3n) is 3.33. The molecule has 1 aliphatic rings. The number of hydrogen-bond acceptors (Lipinski definition) is 4. The van der Waals surface area contributed by atoms with Gasteiger partial charge in [-0.15, -0.1) is 0 Å². The van der Waals surface area contributed by atoms with Crippen molar-refractivity contribution in [1.82, 2.24) is 10.6 Å². The van der Waals surface area contributed by atoms with Crippen LogP contribution in [0.15, 0.2) is 24.3 Å². The highest BCUT2D eigenvalue weighted by molar-refractivity contribution is 5.82. The number of benzene rings is 1. The van der Waals surface area contributed by atoms with Gasteiger partial charge < -0.3 is 20.5 Å². The highest BCUT2D eigenvalue weighted by atomic mass is 16.5. The maximum Gasteiger partial charge on any atom is 0.237 e. The minimum Gasteiger partial charge on any atom is -0.497 e. The van der Waals surface area contributed by atoms with Crippen molar-refractivity contribution in [1.29, 1.82) is 0 Å². The minimum atomic E-state index is -0.722. The number of rotatable bonds is 5. The van der Waals surface area contributed by atoms with E-state index in [1.165, 1.54) is 0 Å². The number of amides is 1.